The molecule has 0 aliphatic carbocycles. The molecule has 0 fully saturated rings. The standard InChI is InChI=1S/C19H19N3O3/c1-12(23)10-21-19(24)15-7-5-14(6-8-15)17-13(2)25-22-18(17)16-4-3-9-20-11-16/h3-9,11-12,23H,10H2,1-2H3,(H,21,24)/t12-/m1/s1. The number of nitrogens with one attached hydrogen (secondary N) is 1. The first-order chi connectivity index (χ1) is 12.1. The second-order valence-electron chi connectivity index (χ2n) is 5.84. The lowest BCUT2D eigenvalue weighted by molar-refractivity contribution is 0.0924. The fourth-order valence-electron chi connectivity index (χ4n) is 2.54. The first-order valence-corrected chi connectivity index (χ1v) is 7.99. The van der Waals surface area contributed by atoms with Crippen molar-refractivity contribution in [2.24, 2.45) is 0 Å². The van der Waals surface area contributed by atoms with Crippen LogP contribution in [0.3, 0.4) is 0 Å². The number of carbonyl (C=O) groups excluding carboxylic acids is 1. The quantitative estimate of drug-likeness (QED) is 0.747. The van der Waals surface area contributed by atoms with E-state index in [4.69, 9.17) is 4.52 Å². The third-order valence-corrected chi connectivity index (χ3v) is 3.79. The number of aryl methyl sites for hydroxylation is 1. The highest BCUT2D eigenvalue weighted by atomic mass is 16.5. The van der Waals surface area contributed by atoms with Crippen molar-refractivity contribution in [2.45, 2.75) is 20.0 Å². The van der Waals surface area contributed by atoms with Crippen LogP contribution in [0.25, 0.3) is 22.4 Å². The Balaban J connectivity index is 1.89. The summed E-state index contributed by atoms with van der Waals surface area (Å²) in [5.74, 6) is 0.479. The molecule has 3 aromatic rings. The summed E-state index contributed by atoms with van der Waals surface area (Å²) in [5.41, 5.74) is 3.90. The number of hydrogen-bond acceptors (Lipinski definition) is 5. The third-order valence-electron chi connectivity index (χ3n) is 3.79. The van der Waals surface area contributed by atoms with Gasteiger partial charge < -0.3 is 14.9 Å². The van der Waals surface area contributed by atoms with Crippen molar-refractivity contribution in [1.82, 2.24) is 15.5 Å². The topological polar surface area (TPSA) is 88.2 Å². The zero-order valence-electron chi connectivity index (χ0n) is 14.1. The molecule has 0 aliphatic rings. The molecule has 1 atom stereocenters. The molecule has 6 heteroatoms. The lowest BCUT2D eigenvalue weighted by atomic mass is 9.99. The van der Waals surface area contributed by atoms with Gasteiger partial charge in [0.2, 0.25) is 0 Å². The number of nitrogens with zero attached hydrogens (tertiary/aromatic N) is 2. The van der Waals surface area contributed by atoms with E-state index in [0.29, 0.717) is 11.3 Å². The monoisotopic (exact) mass is 337 g/mol. The van der Waals surface area contributed by atoms with Gasteiger partial charge in [-0.05, 0) is 43.7 Å². The second kappa shape index (κ2) is 7.27. The van der Waals surface area contributed by atoms with Crippen molar-refractivity contribution >= 4 is 5.91 Å². The minimum Gasteiger partial charge on any atom is -0.392 e. The van der Waals surface area contributed by atoms with Gasteiger partial charge in [-0.3, -0.25) is 9.78 Å². The number of pyridine rings is 1. The minimum atomic E-state index is -0.579. The van der Waals surface area contributed by atoms with Crippen LogP contribution in [0.1, 0.15) is 23.0 Å². The molecule has 25 heavy (non-hydrogen) atoms. The number of benzene rings is 1. The van der Waals surface area contributed by atoms with Gasteiger partial charge in [-0.1, -0.05) is 17.3 Å². The summed E-state index contributed by atoms with van der Waals surface area (Å²) in [4.78, 5) is 16.2. The number of carbonyl (C=O) groups is 1. The molecule has 2 aromatic heterocycles. The van der Waals surface area contributed by atoms with E-state index in [1.807, 2.05) is 31.2 Å². The number of aliphatic hydroxyl groups is 1. The van der Waals surface area contributed by atoms with E-state index < -0.39 is 6.10 Å². The predicted molar refractivity (Wildman–Crippen MR) is 93.9 cm³/mol. The zero-order valence-corrected chi connectivity index (χ0v) is 14.1. The van der Waals surface area contributed by atoms with Gasteiger partial charge in [0.15, 0.2) is 0 Å². The van der Waals surface area contributed by atoms with Gasteiger partial charge >= 0.3 is 0 Å². The molecule has 128 valence electrons. The summed E-state index contributed by atoms with van der Waals surface area (Å²) in [7, 11) is 0. The van der Waals surface area contributed by atoms with Crippen LogP contribution in [0.15, 0.2) is 53.3 Å². The Bertz CT molecular complexity index is 855. The highest BCUT2D eigenvalue weighted by Crippen LogP contribution is 2.33. The van der Waals surface area contributed by atoms with Gasteiger partial charge in [0.25, 0.3) is 5.91 Å². The summed E-state index contributed by atoms with van der Waals surface area (Å²) < 4.78 is 5.36. The van der Waals surface area contributed by atoms with Crippen LogP contribution in [0, 0.1) is 6.92 Å². The molecule has 1 amide bonds. The highest BCUT2D eigenvalue weighted by Gasteiger charge is 2.17. The lowest BCUT2D eigenvalue weighted by Gasteiger charge is -2.08. The Morgan fingerprint density at radius 1 is 1.24 bits per heavy atom. The van der Waals surface area contributed by atoms with E-state index in [0.717, 1.165) is 22.4 Å². The van der Waals surface area contributed by atoms with Crippen molar-refractivity contribution in [3.63, 3.8) is 0 Å². The number of hydrogen-bond donors (Lipinski definition) is 2. The smallest absolute Gasteiger partial charge is 0.251 e. The van der Waals surface area contributed by atoms with Crippen LogP contribution in [-0.2, 0) is 0 Å². The lowest BCUT2D eigenvalue weighted by Crippen LogP contribution is -2.30. The van der Waals surface area contributed by atoms with Crippen molar-refractivity contribution in [3.8, 4) is 22.4 Å². The molecule has 0 saturated carbocycles. The van der Waals surface area contributed by atoms with Crippen molar-refractivity contribution in [1.29, 1.82) is 0 Å². The summed E-state index contributed by atoms with van der Waals surface area (Å²) in [6.07, 6.45) is 2.86. The van der Waals surface area contributed by atoms with E-state index in [1.165, 1.54) is 0 Å². The summed E-state index contributed by atoms with van der Waals surface area (Å²) >= 11 is 0. The van der Waals surface area contributed by atoms with Crippen molar-refractivity contribution in [2.75, 3.05) is 6.54 Å². The van der Waals surface area contributed by atoms with E-state index in [1.54, 1.807) is 31.5 Å². The van der Waals surface area contributed by atoms with E-state index >= 15 is 0 Å². The first kappa shape index (κ1) is 16.9. The fourth-order valence-corrected chi connectivity index (χ4v) is 2.54. The Kier molecular flexibility index (Phi) is 4.90. The molecule has 0 saturated heterocycles. The summed E-state index contributed by atoms with van der Waals surface area (Å²) in [6, 6.07) is 11.0. The molecule has 2 heterocycles. The SMILES string of the molecule is Cc1onc(-c2cccnc2)c1-c1ccc(C(=O)NC[C@@H](C)O)cc1. The molecular formula is C19H19N3O3. The van der Waals surface area contributed by atoms with Crippen molar-refractivity contribution < 1.29 is 14.4 Å². The number of amides is 1. The zero-order chi connectivity index (χ0) is 17.8. The second-order valence-corrected chi connectivity index (χ2v) is 5.84. The van der Waals surface area contributed by atoms with E-state index in [9.17, 15) is 9.90 Å². The summed E-state index contributed by atoms with van der Waals surface area (Å²) in [6.45, 7) is 3.69. The van der Waals surface area contributed by atoms with Gasteiger partial charge in [0.1, 0.15) is 11.5 Å². The average molecular weight is 337 g/mol. The number of aromatic nitrogens is 2. The van der Waals surface area contributed by atoms with Crippen LogP contribution in [0.2, 0.25) is 0 Å². The normalized spacial score (nSPS) is 12.0. The Morgan fingerprint density at radius 3 is 2.64 bits per heavy atom. The molecule has 3 rings (SSSR count). The number of rotatable bonds is 5. The maximum Gasteiger partial charge on any atom is 0.251 e. The predicted octanol–water partition coefficient (Wildman–Crippen LogP) is 2.82. The largest absolute Gasteiger partial charge is 0.392 e. The van der Waals surface area contributed by atoms with Crippen LogP contribution in [-0.4, -0.2) is 33.8 Å². The van der Waals surface area contributed by atoms with Gasteiger partial charge in [-0.2, -0.15) is 0 Å². The summed E-state index contributed by atoms with van der Waals surface area (Å²) in [5, 5.41) is 16.1. The Labute approximate surface area is 145 Å². The van der Waals surface area contributed by atoms with Gasteiger partial charge in [-0.15, -0.1) is 0 Å². The Morgan fingerprint density at radius 2 is 2.00 bits per heavy atom. The molecule has 2 N–H and O–H groups in total. The van der Waals surface area contributed by atoms with Crippen LogP contribution in [0.5, 0.6) is 0 Å². The first-order valence-electron chi connectivity index (χ1n) is 7.99. The molecule has 0 aliphatic heterocycles. The maximum atomic E-state index is 12.0. The molecule has 1 aromatic carbocycles. The highest BCUT2D eigenvalue weighted by molar-refractivity contribution is 5.95. The van der Waals surface area contributed by atoms with Crippen molar-refractivity contribution in [3.05, 3.63) is 60.1 Å². The molecule has 0 unspecified atom stereocenters. The molecule has 0 bridgehead atoms. The fraction of sp³-hybridized carbons (Fsp3) is 0.211. The van der Waals surface area contributed by atoms with Gasteiger partial charge in [0, 0.05) is 30.1 Å². The van der Waals surface area contributed by atoms with E-state index in [2.05, 4.69) is 15.5 Å². The average Bonchev–Trinajstić information content (AvgIpc) is 3.02. The molecule has 6 nitrogen and oxygen atoms in total. The number of aliphatic hydroxyl groups excluding tert-OH is 1. The van der Waals surface area contributed by atoms with Crippen LogP contribution in [0.4, 0.5) is 0 Å². The molecular weight excluding hydrogens is 318 g/mol. The maximum absolute atomic E-state index is 12.0. The Hall–Kier alpha value is -2.99. The van der Waals surface area contributed by atoms with Crippen LogP contribution >= 0.6 is 0 Å². The molecule has 0 spiro atoms. The molecule has 0 radical (unpaired) electrons. The van der Waals surface area contributed by atoms with E-state index in [-0.39, 0.29) is 12.5 Å². The van der Waals surface area contributed by atoms with Crippen LogP contribution < -0.4 is 5.32 Å². The van der Waals surface area contributed by atoms with Gasteiger partial charge in [0.05, 0.1) is 11.7 Å². The van der Waals surface area contributed by atoms with Gasteiger partial charge in [-0.25, -0.2) is 0 Å². The third kappa shape index (κ3) is 3.75. The minimum absolute atomic E-state index is 0.219.